The molecule has 0 spiro atoms. The third-order valence-electron chi connectivity index (χ3n) is 2.44. The van der Waals surface area contributed by atoms with Gasteiger partial charge in [0.05, 0.1) is 4.90 Å². The zero-order valence-corrected chi connectivity index (χ0v) is 8.84. The van der Waals surface area contributed by atoms with Crippen molar-refractivity contribution in [3.8, 4) is 0 Å². The summed E-state index contributed by atoms with van der Waals surface area (Å²) in [6.07, 6.45) is 3.37. The SMILES string of the molecule is Cc1ccc(S(=O)(=O)C2=CCC2)cc1. The molecule has 0 radical (unpaired) electrons. The predicted octanol–water partition coefficient (Wildman–Crippen LogP) is 2.45. The third-order valence-corrected chi connectivity index (χ3v) is 4.39. The lowest BCUT2D eigenvalue weighted by atomic mass is 10.1. The van der Waals surface area contributed by atoms with E-state index >= 15 is 0 Å². The molecule has 1 aromatic carbocycles. The molecule has 1 aromatic rings. The normalized spacial score (nSPS) is 15.9. The van der Waals surface area contributed by atoms with Gasteiger partial charge in [0.15, 0.2) is 0 Å². The fraction of sp³-hybridized carbons (Fsp3) is 0.273. The Morgan fingerprint density at radius 2 is 1.71 bits per heavy atom. The summed E-state index contributed by atoms with van der Waals surface area (Å²) in [7, 11) is -3.16. The Bertz CT molecular complexity index is 467. The molecule has 0 saturated heterocycles. The maximum absolute atomic E-state index is 11.9. The van der Waals surface area contributed by atoms with Crippen molar-refractivity contribution in [3.05, 3.63) is 40.8 Å². The fourth-order valence-corrected chi connectivity index (χ4v) is 2.90. The second-order valence-corrected chi connectivity index (χ2v) is 5.53. The van der Waals surface area contributed by atoms with Gasteiger partial charge in [-0.1, -0.05) is 23.8 Å². The number of hydrogen-bond donors (Lipinski definition) is 0. The van der Waals surface area contributed by atoms with E-state index in [4.69, 9.17) is 0 Å². The first-order chi connectivity index (χ1) is 6.60. The number of sulfone groups is 1. The monoisotopic (exact) mass is 208 g/mol. The Morgan fingerprint density at radius 3 is 2.14 bits per heavy atom. The van der Waals surface area contributed by atoms with E-state index in [1.165, 1.54) is 0 Å². The quantitative estimate of drug-likeness (QED) is 0.748. The van der Waals surface area contributed by atoms with Gasteiger partial charge in [-0.3, -0.25) is 0 Å². The summed E-state index contributed by atoms with van der Waals surface area (Å²) in [4.78, 5) is 0.982. The van der Waals surface area contributed by atoms with Gasteiger partial charge in [-0.05, 0) is 31.9 Å². The van der Waals surface area contributed by atoms with Crippen LogP contribution in [-0.4, -0.2) is 8.42 Å². The molecular formula is C11H12O2S. The highest BCUT2D eigenvalue weighted by Gasteiger charge is 2.23. The maximum atomic E-state index is 11.9. The molecular weight excluding hydrogens is 196 g/mol. The molecule has 3 heteroatoms. The van der Waals surface area contributed by atoms with E-state index in [1.54, 1.807) is 18.2 Å². The number of rotatable bonds is 2. The van der Waals surface area contributed by atoms with E-state index in [2.05, 4.69) is 0 Å². The fourth-order valence-electron chi connectivity index (χ4n) is 1.38. The van der Waals surface area contributed by atoms with Crippen molar-refractivity contribution in [1.29, 1.82) is 0 Å². The Balaban J connectivity index is 2.44. The van der Waals surface area contributed by atoms with Gasteiger partial charge in [-0.25, -0.2) is 8.42 Å². The summed E-state index contributed by atoms with van der Waals surface area (Å²) in [5, 5.41) is 0. The Morgan fingerprint density at radius 1 is 1.14 bits per heavy atom. The van der Waals surface area contributed by atoms with Crippen molar-refractivity contribution in [2.24, 2.45) is 0 Å². The first-order valence-corrected chi connectivity index (χ1v) is 6.10. The molecule has 0 N–H and O–H groups in total. The molecule has 2 nitrogen and oxygen atoms in total. The van der Waals surface area contributed by atoms with Gasteiger partial charge in [0.2, 0.25) is 9.84 Å². The Kier molecular flexibility index (Phi) is 2.19. The van der Waals surface area contributed by atoms with Gasteiger partial charge in [-0.15, -0.1) is 0 Å². The van der Waals surface area contributed by atoms with Crippen LogP contribution in [0.5, 0.6) is 0 Å². The number of benzene rings is 1. The standard InChI is InChI=1S/C11H12O2S/c1-9-5-7-11(8-6-9)14(12,13)10-3-2-4-10/h3,5-8H,2,4H2,1H3. The number of hydrogen-bond acceptors (Lipinski definition) is 2. The van der Waals surface area contributed by atoms with E-state index < -0.39 is 9.84 Å². The van der Waals surface area contributed by atoms with Crippen molar-refractivity contribution >= 4 is 9.84 Å². The molecule has 0 atom stereocenters. The van der Waals surface area contributed by atoms with E-state index in [9.17, 15) is 8.42 Å². The second kappa shape index (κ2) is 3.24. The minimum Gasteiger partial charge on any atom is -0.219 e. The highest BCUT2D eigenvalue weighted by molar-refractivity contribution is 7.95. The van der Waals surface area contributed by atoms with Crippen molar-refractivity contribution < 1.29 is 8.42 Å². The molecule has 0 aliphatic heterocycles. The van der Waals surface area contributed by atoms with Crippen LogP contribution in [0.4, 0.5) is 0 Å². The smallest absolute Gasteiger partial charge is 0.202 e. The van der Waals surface area contributed by atoms with Gasteiger partial charge >= 0.3 is 0 Å². The third kappa shape index (κ3) is 1.48. The lowest BCUT2D eigenvalue weighted by Crippen LogP contribution is -2.09. The summed E-state index contributed by atoms with van der Waals surface area (Å²) in [6.45, 7) is 1.94. The molecule has 14 heavy (non-hydrogen) atoms. The second-order valence-electron chi connectivity index (χ2n) is 3.53. The highest BCUT2D eigenvalue weighted by atomic mass is 32.2. The van der Waals surface area contributed by atoms with Crippen LogP contribution in [-0.2, 0) is 9.84 Å². The van der Waals surface area contributed by atoms with E-state index in [1.807, 2.05) is 19.1 Å². The Hall–Kier alpha value is -1.09. The molecule has 2 rings (SSSR count). The topological polar surface area (TPSA) is 34.1 Å². The van der Waals surface area contributed by atoms with Gasteiger partial charge in [0.25, 0.3) is 0 Å². The molecule has 0 bridgehead atoms. The average molecular weight is 208 g/mol. The largest absolute Gasteiger partial charge is 0.219 e. The van der Waals surface area contributed by atoms with Crippen LogP contribution in [0.15, 0.2) is 40.1 Å². The molecule has 0 amide bonds. The molecule has 0 unspecified atom stereocenters. The zero-order valence-electron chi connectivity index (χ0n) is 8.03. The van der Waals surface area contributed by atoms with Gasteiger partial charge in [0, 0.05) is 4.91 Å². The number of allylic oxidation sites excluding steroid dienone is 2. The molecule has 1 aliphatic rings. The van der Waals surface area contributed by atoms with Crippen LogP contribution in [0.25, 0.3) is 0 Å². The van der Waals surface area contributed by atoms with Crippen LogP contribution < -0.4 is 0 Å². The minimum absolute atomic E-state index is 0.411. The van der Waals surface area contributed by atoms with E-state index in [-0.39, 0.29) is 0 Å². The van der Waals surface area contributed by atoms with Crippen molar-refractivity contribution in [3.63, 3.8) is 0 Å². The lowest BCUT2D eigenvalue weighted by Gasteiger charge is -2.14. The summed E-state index contributed by atoms with van der Waals surface area (Å²) in [5.41, 5.74) is 1.08. The van der Waals surface area contributed by atoms with Gasteiger partial charge in [-0.2, -0.15) is 0 Å². The molecule has 74 valence electrons. The predicted molar refractivity (Wildman–Crippen MR) is 55.7 cm³/mol. The van der Waals surface area contributed by atoms with E-state index in [0.717, 1.165) is 12.0 Å². The molecule has 0 aromatic heterocycles. The zero-order chi connectivity index (χ0) is 10.2. The van der Waals surface area contributed by atoms with Crippen LogP contribution in [0.2, 0.25) is 0 Å². The van der Waals surface area contributed by atoms with Crippen LogP contribution in [0, 0.1) is 6.92 Å². The first-order valence-electron chi connectivity index (χ1n) is 4.61. The molecule has 0 saturated carbocycles. The highest BCUT2D eigenvalue weighted by Crippen LogP contribution is 2.29. The van der Waals surface area contributed by atoms with Gasteiger partial charge < -0.3 is 0 Å². The summed E-state index contributed by atoms with van der Waals surface area (Å²) in [6, 6.07) is 6.99. The lowest BCUT2D eigenvalue weighted by molar-refractivity contribution is 0.597. The van der Waals surface area contributed by atoms with Gasteiger partial charge in [0.1, 0.15) is 0 Å². The number of aryl methyl sites for hydroxylation is 1. The van der Waals surface area contributed by atoms with Crippen molar-refractivity contribution in [2.75, 3.05) is 0 Å². The Labute approximate surface area is 84.2 Å². The van der Waals surface area contributed by atoms with Crippen molar-refractivity contribution in [2.45, 2.75) is 24.7 Å². The summed E-state index contributed by atoms with van der Waals surface area (Å²) < 4.78 is 23.7. The summed E-state index contributed by atoms with van der Waals surface area (Å²) in [5.74, 6) is 0. The van der Waals surface area contributed by atoms with Crippen LogP contribution >= 0.6 is 0 Å². The van der Waals surface area contributed by atoms with Crippen LogP contribution in [0.3, 0.4) is 0 Å². The molecule has 0 fully saturated rings. The molecule has 1 aliphatic carbocycles. The summed E-state index contributed by atoms with van der Waals surface area (Å²) >= 11 is 0. The molecule has 0 heterocycles. The van der Waals surface area contributed by atoms with Crippen LogP contribution in [0.1, 0.15) is 18.4 Å². The maximum Gasteiger partial charge on any atom is 0.202 e. The average Bonchev–Trinajstić information content (AvgIpc) is 2.00. The minimum atomic E-state index is -3.16. The first kappa shape index (κ1) is 9.46. The van der Waals surface area contributed by atoms with E-state index in [0.29, 0.717) is 16.2 Å². The van der Waals surface area contributed by atoms with Crippen molar-refractivity contribution in [1.82, 2.24) is 0 Å².